The second-order valence-electron chi connectivity index (χ2n) is 5.65. The second-order valence-corrected chi connectivity index (χ2v) is 8.21. The number of ether oxygens (including phenoxy) is 1. The Morgan fingerprint density at radius 2 is 2.10 bits per heavy atom. The van der Waals surface area contributed by atoms with E-state index in [9.17, 15) is 13.2 Å². The summed E-state index contributed by atoms with van der Waals surface area (Å²) in [6.45, 7) is 2.68. The van der Waals surface area contributed by atoms with E-state index in [1.54, 1.807) is 0 Å². The van der Waals surface area contributed by atoms with Crippen LogP contribution in [0.5, 0.6) is 5.75 Å². The highest BCUT2D eigenvalue weighted by molar-refractivity contribution is 8.13. The molecule has 0 heterocycles. The molecule has 5 nitrogen and oxygen atoms in total. The number of methoxy groups -OCH3 is 1. The lowest BCUT2D eigenvalue weighted by Crippen LogP contribution is -2.40. The van der Waals surface area contributed by atoms with E-state index in [4.69, 9.17) is 15.4 Å². The largest absolute Gasteiger partial charge is 0.496 e. The van der Waals surface area contributed by atoms with Crippen LogP contribution in [-0.2, 0) is 9.05 Å². The van der Waals surface area contributed by atoms with Crippen LogP contribution in [0.3, 0.4) is 0 Å². The standard InChI is InChI=1S/C14H18ClNO4S/c1-14(6-3-7-14)9-16-13(17)11-8-10(21(15,18)19)4-5-12(11)20-2/h4-5,8H,3,6-7,9H2,1-2H3,(H,16,17). The molecule has 1 fully saturated rings. The highest BCUT2D eigenvalue weighted by Crippen LogP contribution is 2.39. The highest BCUT2D eigenvalue weighted by atomic mass is 35.7. The fourth-order valence-electron chi connectivity index (χ4n) is 2.36. The Morgan fingerprint density at radius 1 is 1.43 bits per heavy atom. The van der Waals surface area contributed by atoms with Gasteiger partial charge in [0, 0.05) is 17.2 Å². The lowest BCUT2D eigenvalue weighted by atomic mass is 9.70. The molecule has 0 spiro atoms. The smallest absolute Gasteiger partial charge is 0.261 e. The van der Waals surface area contributed by atoms with Crippen LogP contribution < -0.4 is 10.1 Å². The number of carbonyl (C=O) groups excluding carboxylic acids is 1. The predicted molar refractivity (Wildman–Crippen MR) is 80.3 cm³/mol. The zero-order chi connectivity index (χ0) is 15.7. The van der Waals surface area contributed by atoms with E-state index >= 15 is 0 Å². The van der Waals surface area contributed by atoms with E-state index in [2.05, 4.69) is 12.2 Å². The molecule has 7 heteroatoms. The summed E-state index contributed by atoms with van der Waals surface area (Å²) in [7, 11) is 2.85. The van der Waals surface area contributed by atoms with Crippen LogP contribution in [0, 0.1) is 5.41 Å². The van der Waals surface area contributed by atoms with Gasteiger partial charge in [0.1, 0.15) is 5.75 Å². The minimum atomic E-state index is -3.88. The number of rotatable bonds is 5. The number of carbonyl (C=O) groups is 1. The minimum absolute atomic E-state index is 0.120. The van der Waals surface area contributed by atoms with Gasteiger partial charge in [-0.25, -0.2) is 8.42 Å². The highest BCUT2D eigenvalue weighted by Gasteiger charge is 2.32. The molecule has 1 aromatic carbocycles. The number of amides is 1. The number of halogens is 1. The molecule has 1 aliphatic rings. The summed E-state index contributed by atoms with van der Waals surface area (Å²) in [4.78, 5) is 12.1. The fraction of sp³-hybridized carbons (Fsp3) is 0.500. The maximum absolute atomic E-state index is 12.3. The van der Waals surface area contributed by atoms with Gasteiger partial charge in [0.2, 0.25) is 0 Å². The van der Waals surface area contributed by atoms with Crippen LogP contribution in [0.4, 0.5) is 0 Å². The van der Waals surface area contributed by atoms with E-state index in [-0.39, 0.29) is 21.8 Å². The maximum Gasteiger partial charge on any atom is 0.261 e. The van der Waals surface area contributed by atoms with Crippen molar-refractivity contribution in [1.82, 2.24) is 5.32 Å². The van der Waals surface area contributed by atoms with E-state index in [1.807, 2.05) is 0 Å². The Balaban J connectivity index is 2.21. The summed E-state index contributed by atoms with van der Waals surface area (Å²) in [5.41, 5.74) is 0.307. The Hall–Kier alpha value is -1.27. The molecule has 1 saturated carbocycles. The van der Waals surface area contributed by atoms with Gasteiger partial charge < -0.3 is 10.1 Å². The van der Waals surface area contributed by atoms with Crippen LogP contribution in [-0.4, -0.2) is 28.0 Å². The number of nitrogens with one attached hydrogen (secondary N) is 1. The van der Waals surface area contributed by atoms with E-state index in [0.717, 1.165) is 12.8 Å². The molecule has 0 aliphatic heterocycles. The van der Waals surface area contributed by atoms with Crippen LogP contribution in [0.2, 0.25) is 0 Å². The predicted octanol–water partition coefficient (Wildman–Crippen LogP) is 2.54. The molecule has 116 valence electrons. The Morgan fingerprint density at radius 3 is 2.57 bits per heavy atom. The van der Waals surface area contributed by atoms with Crippen molar-refractivity contribution in [3.8, 4) is 5.75 Å². The molecule has 0 aromatic heterocycles. The summed E-state index contributed by atoms with van der Waals surface area (Å²) in [5.74, 6) is -0.0440. The van der Waals surface area contributed by atoms with Crippen molar-refractivity contribution in [2.75, 3.05) is 13.7 Å². The van der Waals surface area contributed by atoms with Crippen molar-refractivity contribution in [1.29, 1.82) is 0 Å². The zero-order valence-electron chi connectivity index (χ0n) is 12.0. The normalized spacial score (nSPS) is 16.9. The molecular formula is C14H18ClNO4S. The Bertz CT molecular complexity index is 653. The summed E-state index contributed by atoms with van der Waals surface area (Å²) in [6, 6.07) is 3.97. The first-order chi connectivity index (χ1) is 9.75. The van der Waals surface area contributed by atoms with Crippen LogP contribution in [0.25, 0.3) is 0 Å². The van der Waals surface area contributed by atoms with E-state index in [0.29, 0.717) is 12.3 Å². The monoisotopic (exact) mass is 331 g/mol. The fourth-order valence-corrected chi connectivity index (χ4v) is 3.14. The van der Waals surface area contributed by atoms with Crippen molar-refractivity contribution < 1.29 is 17.9 Å². The molecule has 0 bridgehead atoms. The topological polar surface area (TPSA) is 72.5 Å². The first-order valence-electron chi connectivity index (χ1n) is 6.66. The molecule has 0 unspecified atom stereocenters. The van der Waals surface area contributed by atoms with Gasteiger partial charge in [-0.1, -0.05) is 13.3 Å². The Labute approximate surface area is 129 Å². The van der Waals surface area contributed by atoms with Crippen molar-refractivity contribution in [2.24, 2.45) is 5.41 Å². The van der Waals surface area contributed by atoms with Gasteiger partial charge in [-0.05, 0) is 36.5 Å². The molecule has 1 amide bonds. The second kappa shape index (κ2) is 5.85. The van der Waals surface area contributed by atoms with E-state index in [1.165, 1.54) is 31.7 Å². The third-order valence-electron chi connectivity index (χ3n) is 3.93. The van der Waals surface area contributed by atoms with Gasteiger partial charge in [0.15, 0.2) is 0 Å². The van der Waals surface area contributed by atoms with Crippen LogP contribution in [0.1, 0.15) is 36.5 Å². The van der Waals surface area contributed by atoms with Gasteiger partial charge >= 0.3 is 0 Å². The minimum Gasteiger partial charge on any atom is -0.496 e. The van der Waals surface area contributed by atoms with Crippen molar-refractivity contribution in [2.45, 2.75) is 31.1 Å². The SMILES string of the molecule is COc1ccc(S(=O)(=O)Cl)cc1C(=O)NCC1(C)CCC1. The molecule has 21 heavy (non-hydrogen) atoms. The van der Waals surface area contributed by atoms with Crippen LogP contribution in [0.15, 0.2) is 23.1 Å². The van der Waals surface area contributed by atoms with E-state index < -0.39 is 9.05 Å². The van der Waals surface area contributed by atoms with Crippen molar-refractivity contribution in [3.63, 3.8) is 0 Å². The summed E-state index contributed by atoms with van der Waals surface area (Å²) >= 11 is 0. The van der Waals surface area contributed by atoms with Crippen molar-refractivity contribution in [3.05, 3.63) is 23.8 Å². The molecule has 1 aliphatic carbocycles. The average molecular weight is 332 g/mol. The molecule has 2 rings (SSSR count). The molecule has 0 atom stereocenters. The quantitative estimate of drug-likeness (QED) is 0.841. The first kappa shape index (κ1) is 16.1. The summed E-state index contributed by atoms with van der Waals surface area (Å²) in [5, 5.41) is 2.84. The molecule has 0 radical (unpaired) electrons. The number of benzene rings is 1. The van der Waals surface area contributed by atoms with Gasteiger partial charge in [0.25, 0.3) is 15.0 Å². The van der Waals surface area contributed by atoms with Gasteiger partial charge in [-0.2, -0.15) is 0 Å². The van der Waals surface area contributed by atoms with Gasteiger partial charge in [-0.15, -0.1) is 0 Å². The lowest BCUT2D eigenvalue weighted by molar-refractivity contribution is 0.0887. The van der Waals surface area contributed by atoms with Crippen LogP contribution >= 0.6 is 10.7 Å². The third kappa shape index (κ3) is 3.68. The van der Waals surface area contributed by atoms with Crippen molar-refractivity contribution >= 4 is 25.6 Å². The molecular weight excluding hydrogens is 314 g/mol. The summed E-state index contributed by atoms with van der Waals surface area (Å²) in [6.07, 6.45) is 3.34. The maximum atomic E-state index is 12.3. The lowest BCUT2D eigenvalue weighted by Gasteiger charge is -2.38. The number of hydrogen-bond acceptors (Lipinski definition) is 4. The zero-order valence-corrected chi connectivity index (χ0v) is 13.6. The van der Waals surface area contributed by atoms with Gasteiger partial charge in [0.05, 0.1) is 17.6 Å². The molecule has 0 saturated heterocycles. The summed E-state index contributed by atoms with van der Waals surface area (Å²) < 4.78 is 27.9. The molecule has 1 N–H and O–H groups in total. The third-order valence-corrected chi connectivity index (χ3v) is 5.29. The van der Waals surface area contributed by atoms with Gasteiger partial charge in [-0.3, -0.25) is 4.79 Å². The first-order valence-corrected chi connectivity index (χ1v) is 8.97. The average Bonchev–Trinajstić information content (AvgIpc) is 2.41. The number of hydrogen-bond donors (Lipinski definition) is 1. The Kier molecular flexibility index (Phi) is 4.49. The molecule has 1 aromatic rings.